The number of aliphatic imine (C=N–C) groups is 1. The number of carbonyl (C=O) groups is 2. The molecule has 2 atom stereocenters. The van der Waals surface area contributed by atoms with E-state index in [0.29, 0.717) is 0 Å². The summed E-state index contributed by atoms with van der Waals surface area (Å²) in [6.07, 6.45) is 0. The molecule has 134 valence electrons. The standard InChI is InChI=1S/C17H15N3O6/c1-3-26-17(23)15-12(8-18)19-9(2)13(16(21)22)14(15)10-5-4-6-11(7-10)20(24)25/h4-7,13-14H,3H2,1-2H3,(H,21,22). The molecular weight excluding hydrogens is 342 g/mol. The zero-order chi connectivity index (χ0) is 19.4. The van der Waals surface area contributed by atoms with E-state index in [9.17, 15) is 30.1 Å². The van der Waals surface area contributed by atoms with Gasteiger partial charge in [0.25, 0.3) is 5.69 Å². The van der Waals surface area contributed by atoms with Crippen molar-refractivity contribution in [3.63, 3.8) is 0 Å². The molecule has 1 aromatic rings. The molecule has 0 saturated carbocycles. The number of ether oxygens (including phenoxy) is 1. The predicted molar refractivity (Wildman–Crippen MR) is 89.3 cm³/mol. The van der Waals surface area contributed by atoms with Crippen molar-refractivity contribution >= 4 is 23.3 Å². The van der Waals surface area contributed by atoms with Gasteiger partial charge in [-0.25, -0.2) is 9.79 Å². The van der Waals surface area contributed by atoms with Crippen molar-refractivity contribution in [3.8, 4) is 6.07 Å². The average molecular weight is 357 g/mol. The zero-order valence-corrected chi connectivity index (χ0v) is 14.0. The number of nitrogens with zero attached hydrogens (tertiary/aromatic N) is 3. The van der Waals surface area contributed by atoms with Crippen molar-refractivity contribution < 1.29 is 24.4 Å². The Morgan fingerprint density at radius 1 is 1.46 bits per heavy atom. The highest BCUT2D eigenvalue weighted by molar-refractivity contribution is 6.07. The van der Waals surface area contributed by atoms with Crippen LogP contribution in [0.4, 0.5) is 5.69 Å². The van der Waals surface area contributed by atoms with Gasteiger partial charge in [0, 0.05) is 23.8 Å². The highest BCUT2D eigenvalue weighted by Gasteiger charge is 2.43. The van der Waals surface area contributed by atoms with Crippen LogP contribution in [-0.2, 0) is 14.3 Å². The third kappa shape index (κ3) is 3.44. The Labute approximate surface area is 148 Å². The van der Waals surface area contributed by atoms with Gasteiger partial charge in [-0.2, -0.15) is 5.26 Å². The number of non-ortho nitro benzene ring substituents is 1. The van der Waals surface area contributed by atoms with Crippen LogP contribution in [0, 0.1) is 27.4 Å². The van der Waals surface area contributed by atoms with Gasteiger partial charge >= 0.3 is 11.9 Å². The number of rotatable bonds is 5. The van der Waals surface area contributed by atoms with Gasteiger partial charge in [0.15, 0.2) is 5.70 Å². The fourth-order valence-electron chi connectivity index (χ4n) is 2.89. The molecule has 1 aromatic carbocycles. The molecule has 26 heavy (non-hydrogen) atoms. The molecule has 2 rings (SSSR count). The smallest absolute Gasteiger partial charge is 0.337 e. The third-order valence-corrected chi connectivity index (χ3v) is 3.95. The second-order valence-electron chi connectivity index (χ2n) is 5.49. The number of carboxylic acid groups (broad SMARTS) is 1. The second kappa shape index (κ2) is 7.57. The molecule has 1 aliphatic heterocycles. The van der Waals surface area contributed by atoms with Crippen LogP contribution in [-0.4, -0.2) is 34.3 Å². The number of benzene rings is 1. The molecular formula is C17H15N3O6. The highest BCUT2D eigenvalue weighted by Crippen LogP contribution is 2.40. The Bertz CT molecular complexity index is 881. The van der Waals surface area contributed by atoms with Crippen LogP contribution >= 0.6 is 0 Å². The summed E-state index contributed by atoms with van der Waals surface area (Å²) < 4.78 is 4.96. The lowest BCUT2D eigenvalue weighted by Crippen LogP contribution is -2.35. The number of aliphatic carboxylic acids is 1. The highest BCUT2D eigenvalue weighted by atomic mass is 16.6. The van der Waals surface area contributed by atoms with E-state index in [1.54, 1.807) is 13.0 Å². The first-order valence-electron chi connectivity index (χ1n) is 7.65. The topological polar surface area (TPSA) is 143 Å². The Balaban J connectivity index is 2.75. The molecule has 9 nitrogen and oxygen atoms in total. The molecule has 0 radical (unpaired) electrons. The summed E-state index contributed by atoms with van der Waals surface area (Å²) >= 11 is 0. The minimum Gasteiger partial charge on any atom is -0.481 e. The maximum absolute atomic E-state index is 12.4. The fraction of sp³-hybridized carbons (Fsp3) is 0.294. The van der Waals surface area contributed by atoms with E-state index in [-0.39, 0.29) is 34.8 Å². The number of allylic oxidation sites excluding steroid dienone is 1. The number of carboxylic acids is 1. The number of carbonyl (C=O) groups excluding carboxylic acids is 1. The van der Waals surface area contributed by atoms with Crippen molar-refractivity contribution in [2.75, 3.05) is 6.61 Å². The molecule has 0 amide bonds. The Morgan fingerprint density at radius 2 is 2.15 bits per heavy atom. The van der Waals surface area contributed by atoms with E-state index in [2.05, 4.69) is 4.99 Å². The van der Waals surface area contributed by atoms with Crippen molar-refractivity contribution in [1.29, 1.82) is 5.26 Å². The number of esters is 1. The van der Waals surface area contributed by atoms with Gasteiger partial charge in [-0.1, -0.05) is 12.1 Å². The van der Waals surface area contributed by atoms with Gasteiger partial charge in [0.05, 0.1) is 17.1 Å². The Hall–Kier alpha value is -3.54. The molecule has 0 aliphatic carbocycles. The fourth-order valence-corrected chi connectivity index (χ4v) is 2.89. The quantitative estimate of drug-likeness (QED) is 0.483. The summed E-state index contributed by atoms with van der Waals surface area (Å²) in [5.74, 6) is -4.52. The van der Waals surface area contributed by atoms with Gasteiger partial charge < -0.3 is 9.84 Å². The van der Waals surface area contributed by atoms with Gasteiger partial charge in [-0.05, 0) is 19.4 Å². The van der Waals surface area contributed by atoms with Crippen LogP contribution in [0.1, 0.15) is 25.3 Å². The van der Waals surface area contributed by atoms with Crippen LogP contribution in [0.5, 0.6) is 0 Å². The lowest BCUT2D eigenvalue weighted by molar-refractivity contribution is -0.384. The monoisotopic (exact) mass is 357 g/mol. The molecule has 2 unspecified atom stereocenters. The predicted octanol–water partition coefficient (Wildman–Crippen LogP) is 2.19. The van der Waals surface area contributed by atoms with E-state index >= 15 is 0 Å². The largest absolute Gasteiger partial charge is 0.481 e. The summed E-state index contributed by atoms with van der Waals surface area (Å²) in [7, 11) is 0. The van der Waals surface area contributed by atoms with Crippen molar-refractivity contribution in [2.24, 2.45) is 10.9 Å². The summed E-state index contributed by atoms with van der Waals surface area (Å²) in [6.45, 7) is 3.02. The van der Waals surface area contributed by atoms with Gasteiger partial charge in [-0.15, -0.1) is 0 Å². The molecule has 1 aliphatic rings. The number of hydrogen-bond acceptors (Lipinski definition) is 7. The van der Waals surface area contributed by atoms with E-state index in [1.165, 1.54) is 31.2 Å². The van der Waals surface area contributed by atoms with E-state index < -0.39 is 28.7 Å². The van der Waals surface area contributed by atoms with Crippen molar-refractivity contribution in [3.05, 3.63) is 51.2 Å². The average Bonchev–Trinajstić information content (AvgIpc) is 2.60. The molecule has 1 N–H and O–H groups in total. The number of nitriles is 1. The van der Waals surface area contributed by atoms with Crippen LogP contribution in [0.2, 0.25) is 0 Å². The summed E-state index contributed by atoms with van der Waals surface area (Å²) in [6, 6.07) is 7.09. The zero-order valence-electron chi connectivity index (χ0n) is 14.0. The molecule has 0 fully saturated rings. The maximum Gasteiger partial charge on any atom is 0.337 e. The first-order chi connectivity index (χ1) is 12.3. The normalized spacial score (nSPS) is 19.3. The number of nitro benzene ring substituents is 1. The molecule has 1 heterocycles. The minimum absolute atomic E-state index is 0.0170. The third-order valence-electron chi connectivity index (χ3n) is 3.95. The summed E-state index contributed by atoms with van der Waals surface area (Å²) in [5.41, 5.74) is -0.383. The number of hydrogen-bond donors (Lipinski definition) is 1. The Morgan fingerprint density at radius 3 is 2.69 bits per heavy atom. The first kappa shape index (κ1) is 18.8. The van der Waals surface area contributed by atoms with Gasteiger partial charge in [-0.3, -0.25) is 14.9 Å². The van der Waals surface area contributed by atoms with Crippen LogP contribution in [0.15, 0.2) is 40.5 Å². The molecule has 0 aromatic heterocycles. The SMILES string of the molecule is CCOC(=O)C1=C(C#N)N=C(C)C(C(=O)O)C1c1cccc([N+](=O)[O-])c1. The van der Waals surface area contributed by atoms with Crippen molar-refractivity contribution in [2.45, 2.75) is 19.8 Å². The Kier molecular flexibility index (Phi) is 5.47. The van der Waals surface area contributed by atoms with Crippen molar-refractivity contribution in [1.82, 2.24) is 0 Å². The minimum atomic E-state index is -1.26. The molecule has 0 saturated heterocycles. The lowest BCUT2D eigenvalue weighted by atomic mass is 9.75. The van der Waals surface area contributed by atoms with E-state index in [0.717, 1.165) is 0 Å². The molecule has 0 spiro atoms. The molecule has 9 heteroatoms. The summed E-state index contributed by atoms with van der Waals surface area (Å²) in [4.78, 5) is 38.6. The molecule has 0 bridgehead atoms. The number of nitro groups is 1. The van der Waals surface area contributed by atoms with Gasteiger partial charge in [0.1, 0.15) is 12.0 Å². The maximum atomic E-state index is 12.4. The second-order valence-corrected chi connectivity index (χ2v) is 5.49. The van der Waals surface area contributed by atoms with Crippen LogP contribution in [0.25, 0.3) is 0 Å². The first-order valence-corrected chi connectivity index (χ1v) is 7.65. The van der Waals surface area contributed by atoms with Crippen LogP contribution < -0.4 is 0 Å². The van der Waals surface area contributed by atoms with E-state index in [4.69, 9.17) is 4.74 Å². The lowest BCUT2D eigenvalue weighted by Gasteiger charge is -2.29. The van der Waals surface area contributed by atoms with E-state index in [1.807, 2.05) is 0 Å². The summed E-state index contributed by atoms with van der Waals surface area (Å²) in [5, 5.41) is 30.0. The van der Waals surface area contributed by atoms with Crippen LogP contribution in [0.3, 0.4) is 0 Å². The van der Waals surface area contributed by atoms with Gasteiger partial charge in [0.2, 0.25) is 0 Å².